The lowest BCUT2D eigenvalue weighted by Gasteiger charge is -2.28. The van der Waals surface area contributed by atoms with Crippen molar-refractivity contribution in [2.45, 2.75) is 63.9 Å². The zero-order chi connectivity index (χ0) is 18.6. The van der Waals surface area contributed by atoms with Gasteiger partial charge in [0, 0.05) is 12.8 Å². The van der Waals surface area contributed by atoms with Crippen molar-refractivity contribution in [2.24, 2.45) is 0 Å². The topological polar surface area (TPSA) is 101 Å². The van der Waals surface area contributed by atoms with Crippen molar-refractivity contribution in [1.29, 1.82) is 0 Å². The molecule has 0 aromatic heterocycles. The van der Waals surface area contributed by atoms with E-state index in [-0.39, 0.29) is 18.8 Å². The van der Waals surface area contributed by atoms with Gasteiger partial charge in [0.25, 0.3) is 0 Å². The SMILES string of the molecule is C[N+](C)(C)C[C@@H](CC(=O)O)OC(=O)CCCCCCCCC(=O)O. The van der Waals surface area contributed by atoms with Gasteiger partial charge in [-0.3, -0.25) is 14.4 Å². The monoisotopic (exact) mass is 346 g/mol. The van der Waals surface area contributed by atoms with Crippen LogP contribution in [0.15, 0.2) is 0 Å². The summed E-state index contributed by atoms with van der Waals surface area (Å²) < 4.78 is 5.84. The van der Waals surface area contributed by atoms with E-state index in [9.17, 15) is 14.4 Å². The maximum absolute atomic E-state index is 11.8. The van der Waals surface area contributed by atoms with Gasteiger partial charge in [-0.15, -0.1) is 0 Å². The number of ether oxygens (including phenoxy) is 1. The van der Waals surface area contributed by atoms with Crippen LogP contribution in [0, 0.1) is 0 Å². The molecule has 24 heavy (non-hydrogen) atoms. The lowest BCUT2D eigenvalue weighted by Crippen LogP contribution is -2.43. The fourth-order valence-electron chi connectivity index (χ4n) is 2.45. The zero-order valence-electron chi connectivity index (χ0n) is 15.1. The van der Waals surface area contributed by atoms with Gasteiger partial charge >= 0.3 is 17.9 Å². The summed E-state index contributed by atoms with van der Waals surface area (Å²) in [6, 6.07) is 0. The molecule has 140 valence electrons. The average Bonchev–Trinajstić information content (AvgIpc) is 2.38. The van der Waals surface area contributed by atoms with Crippen LogP contribution in [0.3, 0.4) is 0 Å². The van der Waals surface area contributed by atoms with Crippen molar-refractivity contribution < 1.29 is 33.8 Å². The highest BCUT2D eigenvalue weighted by Gasteiger charge is 2.24. The Kier molecular flexibility index (Phi) is 11.0. The van der Waals surface area contributed by atoms with Crippen LogP contribution in [0.25, 0.3) is 0 Å². The van der Waals surface area contributed by atoms with Crippen molar-refractivity contribution in [3.8, 4) is 0 Å². The summed E-state index contributed by atoms with van der Waals surface area (Å²) in [5, 5.41) is 17.4. The molecule has 0 aliphatic rings. The second kappa shape index (κ2) is 11.8. The van der Waals surface area contributed by atoms with Crippen LogP contribution in [0.5, 0.6) is 0 Å². The van der Waals surface area contributed by atoms with Crippen molar-refractivity contribution in [1.82, 2.24) is 0 Å². The van der Waals surface area contributed by atoms with E-state index in [4.69, 9.17) is 14.9 Å². The van der Waals surface area contributed by atoms with Gasteiger partial charge in [0.05, 0.1) is 27.6 Å². The summed E-state index contributed by atoms with van der Waals surface area (Å²) in [5.41, 5.74) is 0. The Hall–Kier alpha value is -1.63. The summed E-state index contributed by atoms with van der Waals surface area (Å²) in [5.74, 6) is -2.08. The number of carbonyl (C=O) groups excluding carboxylic acids is 1. The van der Waals surface area contributed by atoms with Crippen molar-refractivity contribution in [3.05, 3.63) is 0 Å². The molecule has 7 heteroatoms. The number of carbonyl (C=O) groups is 3. The molecular formula is C17H32NO6+. The first-order chi connectivity index (χ1) is 11.1. The number of hydrogen-bond donors (Lipinski definition) is 2. The van der Waals surface area contributed by atoms with Gasteiger partial charge < -0.3 is 19.4 Å². The van der Waals surface area contributed by atoms with Gasteiger partial charge in [0.15, 0.2) is 6.10 Å². The Labute approximate surface area is 144 Å². The second-order valence-electron chi connectivity index (χ2n) is 7.20. The highest BCUT2D eigenvalue weighted by Crippen LogP contribution is 2.11. The number of esters is 1. The van der Waals surface area contributed by atoms with E-state index in [0.717, 1.165) is 25.7 Å². The van der Waals surface area contributed by atoms with Gasteiger partial charge in [0.1, 0.15) is 6.54 Å². The Bertz CT molecular complexity index is 402. The van der Waals surface area contributed by atoms with E-state index in [1.165, 1.54) is 0 Å². The Morgan fingerprint density at radius 1 is 0.833 bits per heavy atom. The molecule has 0 saturated carbocycles. The molecule has 0 fully saturated rings. The average molecular weight is 346 g/mol. The Morgan fingerprint density at radius 3 is 1.79 bits per heavy atom. The van der Waals surface area contributed by atoms with Crippen LogP contribution in [-0.2, 0) is 19.1 Å². The molecule has 0 heterocycles. The lowest BCUT2D eigenvalue weighted by atomic mass is 10.1. The minimum Gasteiger partial charge on any atom is -0.481 e. The molecule has 7 nitrogen and oxygen atoms in total. The first-order valence-electron chi connectivity index (χ1n) is 8.53. The van der Waals surface area contributed by atoms with Crippen LogP contribution in [-0.4, -0.2) is 66.4 Å². The van der Waals surface area contributed by atoms with Crippen LogP contribution in [0.1, 0.15) is 57.8 Å². The molecule has 0 rings (SSSR count). The summed E-state index contributed by atoms with van der Waals surface area (Å²) in [4.78, 5) is 33.1. The van der Waals surface area contributed by atoms with Crippen LogP contribution >= 0.6 is 0 Å². The van der Waals surface area contributed by atoms with E-state index in [2.05, 4.69) is 0 Å². The summed E-state index contributed by atoms with van der Waals surface area (Å²) >= 11 is 0. The smallest absolute Gasteiger partial charge is 0.307 e. The highest BCUT2D eigenvalue weighted by molar-refractivity contribution is 5.71. The molecule has 0 unspecified atom stereocenters. The van der Waals surface area contributed by atoms with E-state index in [0.29, 0.717) is 30.3 Å². The molecule has 0 saturated heterocycles. The third-order valence-corrected chi connectivity index (χ3v) is 3.47. The van der Waals surface area contributed by atoms with Gasteiger partial charge in [0.2, 0.25) is 0 Å². The van der Waals surface area contributed by atoms with E-state index < -0.39 is 18.0 Å². The third-order valence-electron chi connectivity index (χ3n) is 3.47. The lowest BCUT2D eigenvalue weighted by molar-refractivity contribution is -0.873. The minimum atomic E-state index is -0.970. The largest absolute Gasteiger partial charge is 0.481 e. The fraction of sp³-hybridized carbons (Fsp3) is 0.824. The number of carboxylic acids is 2. The molecule has 0 aromatic rings. The maximum Gasteiger partial charge on any atom is 0.307 e. The van der Waals surface area contributed by atoms with Crippen molar-refractivity contribution in [2.75, 3.05) is 27.7 Å². The maximum atomic E-state index is 11.8. The van der Waals surface area contributed by atoms with Crippen molar-refractivity contribution in [3.63, 3.8) is 0 Å². The van der Waals surface area contributed by atoms with E-state index in [1.54, 1.807) is 0 Å². The molecule has 0 radical (unpaired) electrons. The van der Waals surface area contributed by atoms with Crippen LogP contribution in [0.2, 0.25) is 0 Å². The van der Waals surface area contributed by atoms with E-state index in [1.807, 2.05) is 21.1 Å². The molecule has 0 bridgehead atoms. The molecule has 1 atom stereocenters. The molecule has 2 N–H and O–H groups in total. The Morgan fingerprint density at radius 2 is 1.33 bits per heavy atom. The molecule has 0 aliphatic carbocycles. The van der Waals surface area contributed by atoms with E-state index >= 15 is 0 Å². The number of aliphatic carboxylic acids is 2. The molecule has 0 aliphatic heterocycles. The standard InChI is InChI=1S/C17H31NO6/c1-18(2,3)13-14(12-16(21)22)24-17(23)11-9-7-5-4-6-8-10-15(19)20/h14H,4-13H2,1-3H3,(H-,19,20,21,22)/p+1/t14-/m1/s1. The number of rotatable bonds is 14. The Balaban J connectivity index is 3.88. The number of unbranched alkanes of at least 4 members (excludes halogenated alkanes) is 5. The van der Waals surface area contributed by atoms with Gasteiger partial charge in [-0.2, -0.15) is 0 Å². The number of likely N-dealkylation sites (N-methyl/N-ethyl adjacent to an activating group) is 1. The number of nitrogens with zero attached hydrogens (tertiary/aromatic N) is 1. The summed E-state index contributed by atoms with van der Waals surface area (Å²) in [6.07, 6.45) is 4.83. The first kappa shape index (κ1) is 22.4. The number of hydrogen-bond acceptors (Lipinski definition) is 4. The molecule has 0 spiro atoms. The van der Waals surface area contributed by atoms with Crippen molar-refractivity contribution >= 4 is 17.9 Å². The molecule has 0 aromatic carbocycles. The first-order valence-corrected chi connectivity index (χ1v) is 8.53. The second-order valence-corrected chi connectivity index (χ2v) is 7.20. The third kappa shape index (κ3) is 15.3. The normalized spacial score (nSPS) is 12.6. The quantitative estimate of drug-likeness (QED) is 0.284. The summed E-state index contributed by atoms with van der Waals surface area (Å²) in [7, 11) is 5.77. The zero-order valence-corrected chi connectivity index (χ0v) is 15.1. The predicted octanol–water partition coefficient (Wildman–Crippen LogP) is 2.28. The number of quaternary nitrogens is 1. The highest BCUT2D eigenvalue weighted by atomic mass is 16.5. The van der Waals surface area contributed by atoms with Crippen LogP contribution in [0.4, 0.5) is 0 Å². The number of carboxylic acid groups (broad SMARTS) is 2. The van der Waals surface area contributed by atoms with Gasteiger partial charge in [-0.25, -0.2) is 0 Å². The van der Waals surface area contributed by atoms with Gasteiger partial charge in [-0.05, 0) is 12.8 Å². The molecule has 0 amide bonds. The fourth-order valence-corrected chi connectivity index (χ4v) is 2.45. The minimum absolute atomic E-state index is 0.176. The van der Waals surface area contributed by atoms with Crippen LogP contribution < -0.4 is 0 Å². The predicted molar refractivity (Wildman–Crippen MR) is 89.6 cm³/mol. The van der Waals surface area contributed by atoms with Gasteiger partial charge in [-0.1, -0.05) is 25.7 Å². The summed E-state index contributed by atoms with van der Waals surface area (Å²) in [6.45, 7) is 0.460. The molecular weight excluding hydrogens is 314 g/mol.